The summed E-state index contributed by atoms with van der Waals surface area (Å²) in [6, 6.07) is 0. The third-order valence-corrected chi connectivity index (χ3v) is 15.1. The Labute approximate surface area is 496 Å². The van der Waals surface area contributed by atoms with Gasteiger partial charge in [-0.2, -0.15) is 0 Å². The zero-order chi connectivity index (χ0) is 57.8. The van der Waals surface area contributed by atoms with Crippen molar-refractivity contribution in [2.75, 3.05) is 13.2 Å². The first-order valence-corrected chi connectivity index (χ1v) is 34.6. The van der Waals surface area contributed by atoms with Gasteiger partial charge >= 0.3 is 17.9 Å². The molecule has 0 aliphatic carbocycles. The summed E-state index contributed by atoms with van der Waals surface area (Å²) in [4.78, 5) is 38.4. The Kier molecular flexibility index (Phi) is 65.2. The van der Waals surface area contributed by atoms with E-state index < -0.39 is 6.10 Å². The molecule has 0 spiro atoms. The van der Waals surface area contributed by atoms with E-state index in [4.69, 9.17) is 14.2 Å². The summed E-state index contributed by atoms with van der Waals surface area (Å²) < 4.78 is 17.0. The fourth-order valence-electron chi connectivity index (χ4n) is 9.97. The lowest BCUT2D eigenvalue weighted by atomic mass is 10.0. The monoisotopic (exact) mass is 1110 g/mol. The molecule has 0 fully saturated rings. The first-order chi connectivity index (χ1) is 39.5. The van der Waals surface area contributed by atoms with Crippen LogP contribution in [0.4, 0.5) is 0 Å². The van der Waals surface area contributed by atoms with Crippen molar-refractivity contribution in [2.24, 2.45) is 0 Å². The highest BCUT2D eigenvalue weighted by atomic mass is 16.6. The first-order valence-electron chi connectivity index (χ1n) is 34.6. The Morgan fingerprint density at radius 2 is 0.487 bits per heavy atom. The van der Waals surface area contributed by atoms with Crippen LogP contribution in [0.5, 0.6) is 0 Å². The van der Waals surface area contributed by atoms with E-state index in [0.717, 1.165) is 116 Å². The van der Waals surface area contributed by atoms with E-state index in [1.165, 1.54) is 193 Å². The molecular formula is C74H130O6. The van der Waals surface area contributed by atoms with Crippen LogP contribution in [0.3, 0.4) is 0 Å². The number of hydrogen-bond acceptors (Lipinski definition) is 6. The van der Waals surface area contributed by atoms with Gasteiger partial charge in [0.1, 0.15) is 13.2 Å². The van der Waals surface area contributed by atoms with Crippen molar-refractivity contribution >= 4 is 17.9 Å². The number of carbonyl (C=O) groups excluding carboxylic acids is 3. The third kappa shape index (κ3) is 65.4. The summed E-state index contributed by atoms with van der Waals surface area (Å²) in [6.45, 7) is 6.54. The Morgan fingerprint density at radius 3 is 0.775 bits per heavy atom. The summed E-state index contributed by atoms with van der Waals surface area (Å²) in [5, 5.41) is 0. The quantitative estimate of drug-likeness (QED) is 0.0261. The molecule has 6 nitrogen and oxygen atoms in total. The minimum atomic E-state index is -0.785. The number of hydrogen-bond donors (Lipinski definition) is 0. The van der Waals surface area contributed by atoms with Gasteiger partial charge < -0.3 is 14.2 Å². The summed E-state index contributed by atoms with van der Waals surface area (Å²) >= 11 is 0. The van der Waals surface area contributed by atoms with Gasteiger partial charge in [0.25, 0.3) is 0 Å². The van der Waals surface area contributed by atoms with E-state index in [-0.39, 0.29) is 31.1 Å². The van der Waals surface area contributed by atoms with Gasteiger partial charge in [-0.3, -0.25) is 14.4 Å². The average molecular weight is 1120 g/mol. The summed E-state index contributed by atoms with van der Waals surface area (Å²) in [6.07, 6.45) is 90.2. The Morgan fingerprint density at radius 1 is 0.263 bits per heavy atom. The molecule has 462 valence electrons. The minimum Gasteiger partial charge on any atom is -0.462 e. The molecule has 0 heterocycles. The molecule has 1 unspecified atom stereocenters. The Bertz CT molecular complexity index is 1520. The zero-order valence-electron chi connectivity index (χ0n) is 53.1. The number of ether oxygens (including phenoxy) is 3. The molecule has 0 saturated heterocycles. The molecule has 0 aliphatic heterocycles. The summed E-state index contributed by atoms with van der Waals surface area (Å²) in [7, 11) is 0. The highest BCUT2D eigenvalue weighted by molar-refractivity contribution is 5.71. The van der Waals surface area contributed by atoms with Crippen LogP contribution in [0.1, 0.15) is 348 Å². The lowest BCUT2D eigenvalue weighted by Gasteiger charge is -2.18. The molecule has 0 saturated carbocycles. The van der Waals surface area contributed by atoms with Crippen LogP contribution in [0.2, 0.25) is 0 Å². The second-order valence-corrected chi connectivity index (χ2v) is 23.1. The second kappa shape index (κ2) is 68.1. The van der Waals surface area contributed by atoms with E-state index in [2.05, 4.69) is 106 Å². The molecule has 0 radical (unpaired) electrons. The van der Waals surface area contributed by atoms with Crippen molar-refractivity contribution in [3.05, 3.63) is 85.1 Å². The number of rotatable bonds is 63. The van der Waals surface area contributed by atoms with E-state index >= 15 is 0 Å². The van der Waals surface area contributed by atoms with E-state index in [1.54, 1.807) is 0 Å². The van der Waals surface area contributed by atoms with Crippen molar-refractivity contribution in [3.8, 4) is 0 Å². The molecule has 0 aromatic carbocycles. The highest BCUT2D eigenvalue weighted by Gasteiger charge is 2.19. The molecular weight excluding hydrogens is 985 g/mol. The van der Waals surface area contributed by atoms with Gasteiger partial charge in [0.2, 0.25) is 0 Å². The van der Waals surface area contributed by atoms with Crippen LogP contribution in [0.15, 0.2) is 85.1 Å². The smallest absolute Gasteiger partial charge is 0.306 e. The van der Waals surface area contributed by atoms with Gasteiger partial charge in [0.15, 0.2) is 6.10 Å². The molecule has 0 bridgehead atoms. The minimum absolute atomic E-state index is 0.0813. The molecule has 0 aliphatic rings. The van der Waals surface area contributed by atoms with E-state index in [1.807, 2.05) is 0 Å². The number of esters is 3. The van der Waals surface area contributed by atoms with E-state index in [0.29, 0.717) is 19.3 Å². The van der Waals surface area contributed by atoms with Crippen LogP contribution in [-0.2, 0) is 28.6 Å². The third-order valence-electron chi connectivity index (χ3n) is 15.1. The van der Waals surface area contributed by atoms with Crippen LogP contribution < -0.4 is 0 Å². The Hall–Kier alpha value is -3.41. The molecule has 0 amide bonds. The van der Waals surface area contributed by atoms with Crippen molar-refractivity contribution < 1.29 is 28.6 Å². The summed E-state index contributed by atoms with van der Waals surface area (Å²) in [5.41, 5.74) is 0. The lowest BCUT2D eigenvalue weighted by Crippen LogP contribution is -2.30. The van der Waals surface area contributed by atoms with Crippen molar-refractivity contribution in [1.29, 1.82) is 0 Å². The Balaban J connectivity index is 4.35. The fraction of sp³-hybridized carbons (Fsp3) is 0.770. The van der Waals surface area contributed by atoms with Crippen molar-refractivity contribution in [2.45, 2.75) is 354 Å². The molecule has 0 aromatic heterocycles. The average Bonchev–Trinajstić information content (AvgIpc) is 3.46. The van der Waals surface area contributed by atoms with Crippen molar-refractivity contribution in [1.82, 2.24) is 0 Å². The molecule has 0 rings (SSSR count). The topological polar surface area (TPSA) is 78.9 Å². The predicted octanol–water partition coefficient (Wildman–Crippen LogP) is 23.8. The molecule has 6 heteroatoms. The predicted molar refractivity (Wildman–Crippen MR) is 348 cm³/mol. The fourth-order valence-corrected chi connectivity index (χ4v) is 9.97. The van der Waals surface area contributed by atoms with Crippen LogP contribution in [0, 0.1) is 0 Å². The standard InChI is InChI=1S/C74H130O6/c1-4-7-10-13-16-19-22-25-28-31-33-35-36-37-38-40-41-43-46-49-52-55-58-61-64-67-73(76)79-70-71(69-78-72(75)66-63-60-57-54-51-48-45-30-27-24-21-18-15-12-9-6-3)80-74(77)68-65-62-59-56-53-50-47-44-42-39-34-32-29-26-23-20-17-14-11-8-5-2/h7,10,16,19,21,24-25,28,30,33,35,37-38,45,71H,4-6,8-9,11-15,17-18,20,22-23,26-27,29,31-32,34,36,39-44,46-70H2,1-3H3/b10-7-,19-16-,24-21-,28-25-,35-33-,38-37-,45-30-. The first kappa shape index (κ1) is 76.6. The highest BCUT2D eigenvalue weighted by Crippen LogP contribution is 2.17. The molecule has 0 N–H and O–H groups in total. The number of carbonyl (C=O) groups is 3. The normalized spacial score (nSPS) is 12.6. The molecule has 1 atom stereocenters. The number of unbranched alkanes of at least 4 members (excludes halogenated alkanes) is 38. The van der Waals surface area contributed by atoms with Gasteiger partial charge in [-0.15, -0.1) is 0 Å². The number of allylic oxidation sites excluding steroid dienone is 14. The van der Waals surface area contributed by atoms with Crippen LogP contribution >= 0.6 is 0 Å². The lowest BCUT2D eigenvalue weighted by molar-refractivity contribution is -0.167. The van der Waals surface area contributed by atoms with Gasteiger partial charge in [-0.05, 0) is 96.3 Å². The van der Waals surface area contributed by atoms with Crippen LogP contribution in [0.25, 0.3) is 0 Å². The largest absolute Gasteiger partial charge is 0.462 e. The van der Waals surface area contributed by atoms with E-state index in [9.17, 15) is 14.4 Å². The maximum absolute atomic E-state index is 13.0. The SMILES string of the molecule is CC/C=C\C/C=C\C/C=C\C/C=C\C/C=C\CCCCCCCCCCCC(=O)OCC(COC(=O)CCCCCCC/C=C\C/C=C\CCCCCC)OC(=O)CCCCCCCCCCCCCCCCCCCCCCC. The van der Waals surface area contributed by atoms with Crippen molar-refractivity contribution in [3.63, 3.8) is 0 Å². The molecule has 80 heavy (non-hydrogen) atoms. The zero-order valence-corrected chi connectivity index (χ0v) is 53.1. The van der Waals surface area contributed by atoms with Gasteiger partial charge in [-0.1, -0.05) is 318 Å². The van der Waals surface area contributed by atoms with Crippen LogP contribution in [-0.4, -0.2) is 37.2 Å². The van der Waals surface area contributed by atoms with Gasteiger partial charge in [0.05, 0.1) is 0 Å². The maximum Gasteiger partial charge on any atom is 0.306 e. The maximum atomic E-state index is 13.0. The second-order valence-electron chi connectivity index (χ2n) is 23.1. The summed E-state index contributed by atoms with van der Waals surface area (Å²) in [5.74, 6) is -0.881. The van der Waals surface area contributed by atoms with Gasteiger partial charge in [-0.25, -0.2) is 0 Å². The van der Waals surface area contributed by atoms with Gasteiger partial charge in [0, 0.05) is 19.3 Å². The molecule has 0 aromatic rings.